The minimum atomic E-state index is -2.62. The lowest BCUT2D eigenvalue weighted by atomic mass is 10.0. The Morgan fingerprint density at radius 1 is 0.450 bits per heavy atom. The van der Waals surface area contributed by atoms with Crippen molar-refractivity contribution in [1.29, 1.82) is 0 Å². The van der Waals surface area contributed by atoms with Crippen molar-refractivity contribution in [2.45, 2.75) is 104 Å². The van der Waals surface area contributed by atoms with Gasteiger partial charge in [-0.2, -0.15) is 0 Å². The third-order valence-electron chi connectivity index (χ3n) is 3.46. The maximum Gasteiger partial charge on any atom is 0.324 e. The van der Waals surface area contributed by atoms with E-state index in [0.29, 0.717) is 0 Å². The van der Waals surface area contributed by atoms with Gasteiger partial charge < -0.3 is 14.7 Å². The molecular formula is C16H37O3P. The van der Waals surface area contributed by atoms with E-state index in [2.05, 4.69) is 13.8 Å². The Labute approximate surface area is 127 Å². The molecule has 0 aliphatic rings. The highest BCUT2D eigenvalue weighted by atomic mass is 31.2. The van der Waals surface area contributed by atoms with Crippen molar-refractivity contribution < 1.29 is 14.7 Å². The first-order chi connectivity index (χ1) is 9.65. The summed E-state index contributed by atoms with van der Waals surface area (Å²) in [6, 6.07) is 0. The molecule has 0 heterocycles. The van der Waals surface area contributed by atoms with Gasteiger partial charge in [0.2, 0.25) is 0 Å². The van der Waals surface area contributed by atoms with Crippen LogP contribution in [0.4, 0.5) is 0 Å². The lowest BCUT2D eigenvalue weighted by Gasteiger charge is -2.02. The van der Waals surface area contributed by atoms with Crippen molar-refractivity contribution in [3.8, 4) is 0 Å². The molecule has 3 N–H and O–H groups in total. The van der Waals surface area contributed by atoms with Crippen LogP contribution in [0.5, 0.6) is 0 Å². The van der Waals surface area contributed by atoms with Crippen molar-refractivity contribution in [2.75, 3.05) is 0 Å². The summed E-state index contributed by atoms with van der Waals surface area (Å²) in [5, 5.41) is 0. The highest BCUT2D eigenvalue weighted by molar-refractivity contribution is 7.38. The molecule has 0 saturated carbocycles. The molecule has 4 heteroatoms. The number of rotatable bonds is 13. The first-order valence-electron chi connectivity index (χ1n) is 8.51. The standard InChI is InChI=1S/C16H34.H3O3P/c1-3-5-7-9-11-13-15-16-14-12-10-8-6-4-2;1-4(2)3/h3-16H2,1-2H3;1-3H. The van der Waals surface area contributed by atoms with Crippen LogP contribution in [-0.4, -0.2) is 14.7 Å². The quantitative estimate of drug-likeness (QED) is 0.303. The zero-order valence-electron chi connectivity index (χ0n) is 13.7. The molecule has 124 valence electrons. The summed E-state index contributed by atoms with van der Waals surface area (Å²) in [7, 11) is -2.62. The highest BCUT2D eigenvalue weighted by Gasteiger charge is 1.92. The maximum absolute atomic E-state index is 7.23. The Balaban J connectivity index is 0. The van der Waals surface area contributed by atoms with Crippen LogP contribution in [-0.2, 0) is 0 Å². The number of hydrogen-bond acceptors (Lipinski definition) is 3. The lowest BCUT2D eigenvalue weighted by Crippen LogP contribution is -1.82. The minimum absolute atomic E-state index is 1.37. The second kappa shape index (κ2) is 21.6. The Morgan fingerprint density at radius 2 is 0.600 bits per heavy atom. The second-order valence-electron chi connectivity index (χ2n) is 5.51. The molecule has 0 aliphatic carbocycles. The molecule has 0 fully saturated rings. The van der Waals surface area contributed by atoms with Crippen molar-refractivity contribution in [3.63, 3.8) is 0 Å². The van der Waals surface area contributed by atoms with E-state index in [9.17, 15) is 0 Å². The van der Waals surface area contributed by atoms with Gasteiger partial charge in [-0.25, -0.2) is 0 Å². The summed E-state index contributed by atoms with van der Waals surface area (Å²) >= 11 is 0. The molecular weight excluding hydrogens is 271 g/mol. The monoisotopic (exact) mass is 308 g/mol. The lowest BCUT2D eigenvalue weighted by molar-refractivity contribution is 0.368. The fraction of sp³-hybridized carbons (Fsp3) is 1.00. The van der Waals surface area contributed by atoms with Crippen molar-refractivity contribution in [2.24, 2.45) is 0 Å². The van der Waals surface area contributed by atoms with E-state index in [-0.39, 0.29) is 0 Å². The van der Waals surface area contributed by atoms with E-state index in [0.717, 1.165) is 0 Å². The molecule has 0 rings (SSSR count). The van der Waals surface area contributed by atoms with Crippen LogP contribution in [0.3, 0.4) is 0 Å². The summed E-state index contributed by atoms with van der Waals surface area (Å²) in [5.41, 5.74) is 0. The molecule has 20 heavy (non-hydrogen) atoms. The summed E-state index contributed by atoms with van der Waals surface area (Å²) in [6.45, 7) is 4.58. The molecule has 0 aromatic heterocycles. The predicted octanol–water partition coefficient (Wildman–Crippen LogP) is 5.68. The van der Waals surface area contributed by atoms with Crippen molar-refractivity contribution >= 4 is 8.60 Å². The first-order valence-corrected chi connectivity index (χ1v) is 9.71. The van der Waals surface area contributed by atoms with Crippen molar-refractivity contribution in [1.82, 2.24) is 0 Å². The molecule has 3 nitrogen and oxygen atoms in total. The topological polar surface area (TPSA) is 60.7 Å². The van der Waals surface area contributed by atoms with Crippen LogP contribution in [0.25, 0.3) is 0 Å². The third kappa shape index (κ3) is 31.0. The molecule has 0 aliphatic heterocycles. The van der Waals surface area contributed by atoms with Crippen LogP contribution in [0, 0.1) is 0 Å². The van der Waals surface area contributed by atoms with Gasteiger partial charge in [-0.05, 0) is 0 Å². The second-order valence-corrected chi connectivity index (χ2v) is 6.05. The molecule has 0 saturated heterocycles. The summed E-state index contributed by atoms with van der Waals surface area (Å²) in [5.74, 6) is 0. The van der Waals surface area contributed by atoms with Crippen LogP contribution in [0.1, 0.15) is 104 Å². The molecule has 0 unspecified atom stereocenters. The molecule has 0 bridgehead atoms. The van der Waals surface area contributed by atoms with Gasteiger partial charge in [0.1, 0.15) is 0 Å². The van der Waals surface area contributed by atoms with Gasteiger partial charge in [0.25, 0.3) is 0 Å². The van der Waals surface area contributed by atoms with E-state index < -0.39 is 8.60 Å². The average molecular weight is 308 g/mol. The van der Waals surface area contributed by atoms with E-state index in [1.807, 2.05) is 0 Å². The molecule has 0 aromatic carbocycles. The fourth-order valence-electron chi connectivity index (χ4n) is 2.27. The third-order valence-corrected chi connectivity index (χ3v) is 3.46. The number of unbranched alkanes of at least 4 members (excludes halogenated alkanes) is 13. The highest BCUT2D eigenvalue weighted by Crippen LogP contribution is 2.12. The largest absolute Gasteiger partial charge is 0.328 e. The zero-order valence-corrected chi connectivity index (χ0v) is 14.6. The Morgan fingerprint density at radius 3 is 0.750 bits per heavy atom. The van der Waals surface area contributed by atoms with Gasteiger partial charge in [-0.3, -0.25) is 0 Å². The molecule has 0 radical (unpaired) electrons. The average Bonchev–Trinajstić information content (AvgIpc) is 2.39. The summed E-state index contributed by atoms with van der Waals surface area (Å²) < 4.78 is 0. The Hall–Kier alpha value is 0.310. The first kappa shape index (κ1) is 22.6. The Kier molecular flexibility index (Phi) is 24.4. The van der Waals surface area contributed by atoms with Crippen LogP contribution in [0.15, 0.2) is 0 Å². The van der Waals surface area contributed by atoms with Crippen LogP contribution < -0.4 is 0 Å². The van der Waals surface area contributed by atoms with Gasteiger partial charge >= 0.3 is 8.60 Å². The van der Waals surface area contributed by atoms with Gasteiger partial charge in [0, 0.05) is 0 Å². The smallest absolute Gasteiger partial charge is 0.324 e. The van der Waals surface area contributed by atoms with Crippen LogP contribution in [0.2, 0.25) is 0 Å². The molecule has 0 amide bonds. The molecule has 0 spiro atoms. The van der Waals surface area contributed by atoms with Gasteiger partial charge in [-0.15, -0.1) is 0 Å². The summed E-state index contributed by atoms with van der Waals surface area (Å²) in [6.07, 6.45) is 20.4. The van der Waals surface area contributed by atoms with Gasteiger partial charge in [0.15, 0.2) is 0 Å². The molecule has 0 atom stereocenters. The van der Waals surface area contributed by atoms with Gasteiger partial charge in [-0.1, -0.05) is 104 Å². The van der Waals surface area contributed by atoms with E-state index in [1.165, 1.54) is 89.9 Å². The van der Waals surface area contributed by atoms with E-state index in [1.54, 1.807) is 0 Å². The van der Waals surface area contributed by atoms with Gasteiger partial charge in [0.05, 0.1) is 0 Å². The summed E-state index contributed by atoms with van der Waals surface area (Å²) in [4.78, 5) is 21.7. The predicted molar refractivity (Wildman–Crippen MR) is 89.6 cm³/mol. The van der Waals surface area contributed by atoms with E-state index in [4.69, 9.17) is 14.7 Å². The van der Waals surface area contributed by atoms with E-state index >= 15 is 0 Å². The van der Waals surface area contributed by atoms with Crippen LogP contribution >= 0.6 is 8.60 Å². The SMILES string of the molecule is CCCCCCCCCCCCCCCC.OP(O)O. The normalized spacial score (nSPS) is 10.5. The maximum atomic E-state index is 7.23. The number of hydrogen-bond donors (Lipinski definition) is 3. The zero-order chi connectivity index (χ0) is 15.5. The fourth-order valence-corrected chi connectivity index (χ4v) is 2.27. The minimum Gasteiger partial charge on any atom is -0.328 e. The molecule has 0 aromatic rings. The van der Waals surface area contributed by atoms with Crippen molar-refractivity contribution in [3.05, 3.63) is 0 Å². The Bertz CT molecular complexity index is 138.